The number of hydrogen-bond acceptors (Lipinski definition) is 4. The number of halogens is 2. The highest BCUT2D eigenvalue weighted by atomic mass is 19.2. The molecular formula is C14H17F2N3O. The first-order valence-electron chi connectivity index (χ1n) is 6.44. The van der Waals surface area contributed by atoms with Gasteiger partial charge in [-0.2, -0.15) is 4.98 Å². The maximum Gasteiger partial charge on any atom is 0.231 e. The van der Waals surface area contributed by atoms with Gasteiger partial charge in [-0.15, -0.1) is 0 Å². The summed E-state index contributed by atoms with van der Waals surface area (Å²) in [5.74, 6) is -1.07. The largest absolute Gasteiger partial charge is 0.339 e. The maximum atomic E-state index is 13.2. The summed E-state index contributed by atoms with van der Waals surface area (Å²) in [4.78, 5) is 4.25. The van der Waals surface area contributed by atoms with E-state index in [1.165, 1.54) is 6.07 Å². The smallest absolute Gasteiger partial charge is 0.231 e. The van der Waals surface area contributed by atoms with Crippen LogP contribution in [0.2, 0.25) is 0 Å². The van der Waals surface area contributed by atoms with E-state index in [1.807, 2.05) is 20.8 Å². The van der Waals surface area contributed by atoms with Crippen LogP contribution in [0.4, 0.5) is 8.78 Å². The molecule has 0 radical (unpaired) electrons. The van der Waals surface area contributed by atoms with Crippen molar-refractivity contribution in [1.29, 1.82) is 0 Å². The van der Waals surface area contributed by atoms with E-state index in [4.69, 9.17) is 10.3 Å². The van der Waals surface area contributed by atoms with Gasteiger partial charge >= 0.3 is 0 Å². The lowest BCUT2D eigenvalue weighted by molar-refractivity contribution is 0.300. The highest BCUT2D eigenvalue weighted by Gasteiger charge is 2.26. The molecule has 20 heavy (non-hydrogen) atoms. The normalized spacial score (nSPS) is 14.6. The third-order valence-corrected chi connectivity index (χ3v) is 3.19. The van der Waals surface area contributed by atoms with Crippen LogP contribution in [0, 0.1) is 17.6 Å². The van der Waals surface area contributed by atoms with Crippen LogP contribution in [-0.2, 0) is 0 Å². The van der Waals surface area contributed by atoms with Crippen molar-refractivity contribution < 1.29 is 13.3 Å². The molecule has 2 N–H and O–H groups in total. The first kappa shape index (κ1) is 14.6. The van der Waals surface area contributed by atoms with Crippen molar-refractivity contribution in [1.82, 2.24) is 10.1 Å². The summed E-state index contributed by atoms with van der Waals surface area (Å²) in [6, 6.07) is 3.34. The zero-order valence-electron chi connectivity index (χ0n) is 11.6. The standard InChI is InChI=1S/C14H17F2N3O/c1-7(2)12(8(3)17)14-18-13(19-20-14)9-4-5-10(15)11(16)6-9/h4-8,12H,17H2,1-3H3. The highest BCUT2D eigenvalue weighted by Crippen LogP contribution is 2.28. The van der Waals surface area contributed by atoms with E-state index >= 15 is 0 Å². The lowest BCUT2D eigenvalue weighted by Gasteiger charge is -2.20. The summed E-state index contributed by atoms with van der Waals surface area (Å²) in [5, 5.41) is 3.81. The molecule has 2 rings (SSSR count). The minimum Gasteiger partial charge on any atom is -0.339 e. The molecule has 0 saturated carbocycles. The van der Waals surface area contributed by atoms with E-state index in [-0.39, 0.29) is 23.7 Å². The molecule has 0 spiro atoms. The van der Waals surface area contributed by atoms with Crippen molar-refractivity contribution in [3.05, 3.63) is 35.7 Å². The second kappa shape index (κ2) is 5.66. The van der Waals surface area contributed by atoms with Crippen molar-refractivity contribution in [3.63, 3.8) is 0 Å². The molecule has 0 amide bonds. The molecule has 2 atom stereocenters. The Labute approximate surface area is 116 Å². The zero-order valence-corrected chi connectivity index (χ0v) is 11.6. The lowest BCUT2D eigenvalue weighted by atomic mass is 9.90. The lowest BCUT2D eigenvalue weighted by Crippen LogP contribution is -2.28. The van der Waals surface area contributed by atoms with Gasteiger partial charge in [0.1, 0.15) is 0 Å². The van der Waals surface area contributed by atoms with Crippen LogP contribution in [0.15, 0.2) is 22.7 Å². The molecule has 4 nitrogen and oxygen atoms in total. The molecular weight excluding hydrogens is 264 g/mol. The van der Waals surface area contributed by atoms with Crippen molar-refractivity contribution in [3.8, 4) is 11.4 Å². The van der Waals surface area contributed by atoms with E-state index in [0.29, 0.717) is 11.5 Å². The van der Waals surface area contributed by atoms with E-state index in [1.54, 1.807) is 0 Å². The first-order chi connectivity index (χ1) is 9.40. The fraction of sp³-hybridized carbons (Fsp3) is 0.429. The highest BCUT2D eigenvalue weighted by molar-refractivity contribution is 5.54. The van der Waals surface area contributed by atoms with Gasteiger partial charge in [-0.05, 0) is 31.0 Å². The first-order valence-corrected chi connectivity index (χ1v) is 6.44. The molecule has 0 aliphatic rings. The molecule has 0 fully saturated rings. The molecule has 1 aromatic carbocycles. The van der Waals surface area contributed by atoms with Gasteiger partial charge in [0.2, 0.25) is 11.7 Å². The Morgan fingerprint density at radius 2 is 1.85 bits per heavy atom. The van der Waals surface area contributed by atoms with Gasteiger partial charge in [-0.3, -0.25) is 0 Å². The molecule has 0 saturated heterocycles. The van der Waals surface area contributed by atoms with Crippen LogP contribution in [0.25, 0.3) is 11.4 Å². The SMILES string of the molecule is CC(C)C(c1nc(-c2ccc(F)c(F)c2)no1)C(C)N. The zero-order chi connectivity index (χ0) is 14.9. The number of hydrogen-bond donors (Lipinski definition) is 1. The number of rotatable bonds is 4. The third kappa shape index (κ3) is 2.85. The maximum absolute atomic E-state index is 13.2. The average Bonchev–Trinajstić information content (AvgIpc) is 2.81. The second-order valence-electron chi connectivity index (χ2n) is 5.21. The Morgan fingerprint density at radius 3 is 2.40 bits per heavy atom. The molecule has 0 bridgehead atoms. The van der Waals surface area contributed by atoms with E-state index in [9.17, 15) is 8.78 Å². The van der Waals surface area contributed by atoms with Crippen LogP contribution in [-0.4, -0.2) is 16.2 Å². The number of aromatic nitrogens is 2. The molecule has 1 aromatic heterocycles. The molecule has 0 aliphatic heterocycles. The Kier molecular flexibility index (Phi) is 4.13. The Bertz CT molecular complexity index is 588. The topological polar surface area (TPSA) is 64.9 Å². The number of nitrogens with zero attached hydrogens (tertiary/aromatic N) is 2. The van der Waals surface area contributed by atoms with Gasteiger partial charge in [0, 0.05) is 11.6 Å². The fourth-order valence-corrected chi connectivity index (χ4v) is 2.24. The van der Waals surface area contributed by atoms with Gasteiger partial charge in [-0.1, -0.05) is 19.0 Å². The van der Waals surface area contributed by atoms with Gasteiger partial charge in [0.15, 0.2) is 11.6 Å². The monoisotopic (exact) mass is 281 g/mol. The van der Waals surface area contributed by atoms with Crippen molar-refractivity contribution in [2.75, 3.05) is 0 Å². The Balaban J connectivity index is 2.34. The average molecular weight is 281 g/mol. The summed E-state index contributed by atoms with van der Waals surface area (Å²) >= 11 is 0. The summed E-state index contributed by atoms with van der Waals surface area (Å²) in [7, 11) is 0. The predicted molar refractivity (Wildman–Crippen MR) is 70.9 cm³/mol. The van der Waals surface area contributed by atoms with E-state index < -0.39 is 11.6 Å². The van der Waals surface area contributed by atoms with Crippen molar-refractivity contribution in [2.24, 2.45) is 11.7 Å². The van der Waals surface area contributed by atoms with E-state index in [0.717, 1.165) is 12.1 Å². The molecule has 6 heteroatoms. The summed E-state index contributed by atoms with van der Waals surface area (Å²) in [5.41, 5.74) is 6.29. The summed E-state index contributed by atoms with van der Waals surface area (Å²) in [6.45, 7) is 5.89. The number of nitrogens with two attached hydrogens (primary N) is 1. The molecule has 0 aliphatic carbocycles. The van der Waals surface area contributed by atoms with Crippen LogP contribution in [0.1, 0.15) is 32.6 Å². The molecule has 108 valence electrons. The van der Waals surface area contributed by atoms with E-state index in [2.05, 4.69) is 10.1 Å². The van der Waals surface area contributed by atoms with Gasteiger partial charge in [-0.25, -0.2) is 8.78 Å². The molecule has 2 unspecified atom stereocenters. The molecule has 2 aromatic rings. The second-order valence-corrected chi connectivity index (χ2v) is 5.21. The summed E-state index contributed by atoms with van der Waals surface area (Å²) < 4.78 is 31.3. The van der Waals surface area contributed by atoms with Crippen molar-refractivity contribution in [2.45, 2.75) is 32.7 Å². The predicted octanol–water partition coefficient (Wildman–Crippen LogP) is 3.10. The minimum atomic E-state index is -0.943. The quantitative estimate of drug-likeness (QED) is 0.935. The van der Waals surface area contributed by atoms with Crippen LogP contribution in [0.3, 0.4) is 0 Å². The van der Waals surface area contributed by atoms with Gasteiger partial charge in [0.25, 0.3) is 0 Å². The number of benzene rings is 1. The minimum absolute atomic E-state index is 0.0819. The Morgan fingerprint density at radius 1 is 1.15 bits per heavy atom. The molecule has 1 heterocycles. The Hall–Kier alpha value is -1.82. The summed E-state index contributed by atoms with van der Waals surface area (Å²) in [6.07, 6.45) is 0. The van der Waals surface area contributed by atoms with Gasteiger partial charge in [0.05, 0.1) is 5.92 Å². The third-order valence-electron chi connectivity index (χ3n) is 3.19. The van der Waals surface area contributed by atoms with Crippen LogP contribution >= 0.6 is 0 Å². The van der Waals surface area contributed by atoms with Crippen molar-refractivity contribution >= 4 is 0 Å². The van der Waals surface area contributed by atoms with Crippen LogP contribution < -0.4 is 5.73 Å². The van der Waals surface area contributed by atoms with Gasteiger partial charge < -0.3 is 10.3 Å². The fourth-order valence-electron chi connectivity index (χ4n) is 2.24. The van der Waals surface area contributed by atoms with Crippen LogP contribution in [0.5, 0.6) is 0 Å².